The van der Waals surface area contributed by atoms with Crippen LogP contribution in [-0.4, -0.2) is 8.42 Å². The van der Waals surface area contributed by atoms with Crippen molar-refractivity contribution in [2.24, 2.45) is 0 Å². The van der Waals surface area contributed by atoms with E-state index in [4.69, 9.17) is 45.9 Å². The van der Waals surface area contributed by atoms with E-state index in [2.05, 4.69) is 0 Å². The monoisotopic (exact) mass is 490 g/mol. The Morgan fingerprint density at radius 3 is 1.11 bits per heavy atom. The van der Waals surface area contributed by atoms with E-state index in [1.54, 1.807) is 48.5 Å². The van der Waals surface area contributed by atoms with Gasteiger partial charge in [0.2, 0.25) is 9.84 Å². The highest BCUT2D eigenvalue weighted by atomic mass is 32.2. The number of anilines is 8. The lowest BCUT2D eigenvalue weighted by Gasteiger charge is -2.20. The van der Waals surface area contributed by atoms with Gasteiger partial charge in [0.1, 0.15) is 9.79 Å². The molecule has 35 heavy (non-hydrogen) atoms. The average molecular weight is 491 g/mol. The Morgan fingerprint density at radius 2 is 0.771 bits per heavy atom. The van der Waals surface area contributed by atoms with Crippen LogP contribution in [0.15, 0.2) is 70.5 Å². The minimum absolute atomic E-state index is 0.0801. The van der Waals surface area contributed by atoms with Gasteiger partial charge in [-0.3, -0.25) is 0 Å². The molecule has 0 bridgehead atoms. The zero-order valence-corrected chi connectivity index (χ0v) is 19.4. The molecule has 0 aromatic heterocycles. The van der Waals surface area contributed by atoms with E-state index in [0.717, 1.165) is 0 Å². The molecule has 11 heteroatoms. The van der Waals surface area contributed by atoms with Gasteiger partial charge in [-0.2, -0.15) is 0 Å². The Kier molecular flexibility index (Phi) is 5.49. The second-order valence-electron chi connectivity index (χ2n) is 8.08. The molecule has 180 valence electrons. The van der Waals surface area contributed by atoms with Crippen molar-refractivity contribution in [2.75, 3.05) is 45.9 Å². The molecule has 0 atom stereocenters. The van der Waals surface area contributed by atoms with Crippen molar-refractivity contribution in [1.82, 2.24) is 0 Å². The fourth-order valence-corrected chi connectivity index (χ4v) is 5.82. The Hall–Kier alpha value is -4.77. The molecule has 0 saturated carbocycles. The summed E-state index contributed by atoms with van der Waals surface area (Å²) >= 11 is 0. The minimum atomic E-state index is -4.40. The van der Waals surface area contributed by atoms with Crippen molar-refractivity contribution >= 4 is 55.3 Å². The first-order chi connectivity index (χ1) is 16.4. The summed E-state index contributed by atoms with van der Waals surface area (Å²) in [6.45, 7) is 0. The van der Waals surface area contributed by atoms with Crippen molar-refractivity contribution in [3.05, 3.63) is 60.7 Å². The summed E-state index contributed by atoms with van der Waals surface area (Å²) in [6, 6.07) is 15.7. The van der Waals surface area contributed by atoms with Crippen LogP contribution in [0.3, 0.4) is 0 Å². The van der Waals surface area contributed by atoms with Crippen LogP contribution in [0.4, 0.5) is 45.5 Å². The first-order valence-corrected chi connectivity index (χ1v) is 11.8. The molecule has 0 heterocycles. The summed E-state index contributed by atoms with van der Waals surface area (Å²) in [5.41, 5.74) is 50.9. The van der Waals surface area contributed by atoms with Crippen LogP contribution in [0.1, 0.15) is 0 Å². The average Bonchev–Trinajstić information content (AvgIpc) is 2.80. The molecule has 0 aliphatic carbocycles. The van der Waals surface area contributed by atoms with E-state index in [9.17, 15) is 8.42 Å². The molecular formula is C24H26N8O2S. The molecule has 0 aliphatic rings. The fraction of sp³-hybridized carbons (Fsp3) is 0. The SMILES string of the molecule is Nc1ccc(-c2ccc(N)c(N)c2S(=O)(=O)c2c(-c3ccc(N)c(N)c3)ccc(N)c2N)cc1N. The molecule has 0 fully saturated rings. The van der Waals surface area contributed by atoms with Gasteiger partial charge in [0.05, 0.1) is 45.5 Å². The highest BCUT2D eigenvalue weighted by Crippen LogP contribution is 2.45. The molecule has 4 aromatic carbocycles. The number of nitrogen functional groups attached to an aromatic ring is 8. The standard InChI is InChI=1S/C24H26N8O2S/c25-15-5-1-11(9-19(15)29)13-3-7-17(27)21(31)23(13)35(33,34)24-14(4-8-18(28)22(24)32)12-2-6-16(26)20(30)10-12/h1-10H,25-32H2. The first-order valence-electron chi connectivity index (χ1n) is 10.3. The summed E-state index contributed by atoms with van der Waals surface area (Å²) in [5.74, 6) is 0. The number of rotatable bonds is 4. The van der Waals surface area contributed by atoms with Gasteiger partial charge in [-0.05, 0) is 47.5 Å². The lowest BCUT2D eigenvalue weighted by atomic mass is 10.0. The summed E-state index contributed by atoms with van der Waals surface area (Å²) in [6.07, 6.45) is 0. The topological polar surface area (TPSA) is 242 Å². The Balaban J connectivity index is 2.08. The van der Waals surface area contributed by atoms with Crippen LogP contribution in [0.2, 0.25) is 0 Å². The van der Waals surface area contributed by atoms with Crippen LogP contribution in [0, 0.1) is 0 Å². The lowest BCUT2D eigenvalue weighted by Crippen LogP contribution is -2.14. The summed E-state index contributed by atoms with van der Waals surface area (Å²) in [4.78, 5) is -0.465. The van der Waals surface area contributed by atoms with Crippen LogP contribution >= 0.6 is 0 Å². The molecule has 0 aliphatic heterocycles. The number of hydrogen-bond donors (Lipinski definition) is 8. The molecule has 4 rings (SSSR count). The Morgan fingerprint density at radius 1 is 0.429 bits per heavy atom. The highest BCUT2D eigenvalue weighted by Gasteiger charge is 2.32. The van der Waals surface area contributed by atoms with E-state index < -0.39 is 9.84 Å². The zero-order valence-electron chi connectivity index (χ0n) is 18.6. The molecule has 16 N–H and O–H groups in total. The van der Waals surface area contributed by atoms with Gasteiger partial charge in [-0.1, -0.05) is 24.3 Å². The maximum atomic E-state index is 14.3. The molecule has 0 unspecified atom stereocenters. The van der Waals surface area contributed by atoms with Crippen molar-refractivity contribution in [1.29, 1.82) is 0 Å². The third kappa shape index (κ3) is 3.83. The zero-order chi connectivity index (χ0) is 25.7. The van der Waals surface area contributed by atoms with Crippen LogP contribution in [-0.2, 0) is 9.84 Å². The predicted molar refractivity (Wildman–Crippen MR) is 145 cm³/mol. The third-order valence-electron chi connectivity index (χ3n) is 5.79. The van der Waals surface area contributed by atoms with Gasteiger partial charge in [-0.25, -0.2) is 8.42 Å². The van der Waals surface area contributed by atoms with E-state index in [1.807, 2.05) is 0 Å². The Bertz CT molecular complexity index is 1490. The largest absolute Gasteiger partial charge is 0.397 e. The van der Waals surface area contributed by atoms with Crippen LogP contribution in [0.25, 0.3) is 22.3 Å². The van der Waals surface area contributed by atoms with Crippen LogP contribution in [0.5, 0.6) is 0 Å². The van der Waals surface area contributed by atoms with E-state index in [-0.39, 0.29) is 55.0 Å². The van der Waals surface area contributed by atoms with Crippen LogP contribution < -0.4 is 45.9 Å². The fourth-order valence-electron chi connectivity index (χ4n) is 3.85. The van der Waals surface area contributed by atoms with Crippen molar-refractivity contribution in [3.8, 4) is 22.3 Å². The highest BCUT2D eigenvalue weighted by molar-refractivity contribution is 7.92. The number of hydrogen-bond acceptors (Lipinski definition) is 10. The van der Waals surface area contributed by atoms with Crippen molar-refractivity contribution in [3.63, 3.8) is 0 Å². The van der Waals surface area contributed by atoms with Gasteiger partial charge in [0.25, 0.3) is 0 Å². The maximum Gasteiger partial charge on any atom is 0.212 e. The summed E-state index contributed by atoms with van der Waals surface area (Å²) < 4.78 is 28.6. The van der Waals surface area contributed by atoms with Crippen molar-refractivity contribution in [2.45, 2.75) is 9.79 Å². The molecule has 0 saturated heterocycles. The predicted octanol–water partition coefficient (Wildman–Crippen LogP) is 2.51. The number of nitrogens with two attached hydrogens (primary N) is 8. The molecule has 10 nitrogen and oxygen atoms in total. The molecule has 0 radical (unpaired) electrons. The quantitative estimate of drug-likeness (QED) is 0.194. The van der Waals surface area contributed by atoms with Crippen molar-refractivity contribution < 1.29 is 8.42 Å². The molecule has 0 spiro atoms. The second-order valence-corrected chi connectivity index (χ2v) is 9.90. The lowest BCUT2D eigenvalue weighted by molar-refractivity contribution is 0.597. The summed E-state index contributed by atoms with van der Waals surface area (Å²) in [5, 5.41) is 0. The smallest absolute Gasteiger partial charge is 0.212 e. The van der Waals surface area contributed by atoms with Gasteiger partial charge < -0.3 is 45.9 Å². The van der Waals surface area contributed by atoms with E-state index in [1.165, 1.54) is 12.1 Å². The second kappa shape index (κ2) is 8.22. The van der Waals surface area contributed by atoms with E-state index in [0.29, 0.717) is 22.5 Å². The summed E-state index contributed by atoms with van der Waals surface area (Å²) in [7, 11) is -4.40. The molecular weight excluding hydrogens is 464 g/mol. The number of benzene rings is 4. The molecule has 4 aromatic rings. The molecule has 0 amide bonds. The Labute approximate surface area is 202 Å². The van der Waals surface area contributed by atoms with Gasteiger partial charge in [0.15, 0.2) is 0 Å². The van der Waals surface area contributed by atoms with Gasteiger partial charge in [-0.15, -0.1) is 0 Å². The van der Waals surface area contributed by atoms with Gasteiger partial charge >= 0.3 is 0 Å². The first kappa shape index (κ1) is 23.4. The van der Waals surface area contributed by atoms with E-state index >= 15 is 0 Å². The number of sulfone groups is 1. The maximum absolute atomic E-state index is 14.3. The minimum Gasteiger partial charge on any atom is -0.397 e. The third-order valence-corrected chi connectivity index (χ3v) is 7.75. The van der Waals surface area contributed by atoms with Gasteiger partial charge in [0, 0.05) is 11.1 Å². The normalized spacial score (nSPS) is 11.4.